The lowest BCUT2D eigenvalue weighted by atomic mass is 10.2. The lowest BCUT2D eigenvalue weighted by molar-refractivity contribution is 0.211. The van der Waals surface area contributed by atoms with E-state index in [0.29, 0.717) is 0 Å². The van der Waals surface area contributed by atoms with Crippen LogP contribution in [0.2, 0.25) is 0 Å². The predicted molar refractivity (Wildman–Crippen MR) is 110 cm³/mol. The Hall–Kier alpha value is -1.79. The maximum absolute atomic E-state index is 6.03. The quantitative estimate of drug-likeness (QED) is 0.458. The second-order valence-electron chi connectivity index (χ2n) is 6.07. The Morgan fingerprint density at radius 3 is 2.35 bits per heavy atom. The minimum Gasteiger partial charge on any atom is -0.483 e. The fourth-order valence-corrected chi connectivity index (χ4v) is 3.73. The maximum atomic E-state index is 6.03. The zero-order valence-corrected chi connectivity index (χ0v) is 17.5. The van der Waals surface area contributed by atoms with Gasteiger partial charge in [-0.25, -0.2) is 0 Å². The highest BCUT2D eigenvalue weighted by molar-refractivity contribution is 9.10. The first-order chi connectivity index (χ1) is 12.6. The van der Waals surface area contributed by atoms with E-state index in [-0.39, 0.29) is 6.10 Å². The Kier molecular flexibility index (Phi) is 6.38. The van der Waals surface area contributed by atoms with Crippen molar-refractivity contribution < 1.29 is 4.74 Å². The first kappa shape index (κ1) is 19.0. The van der Waals surface area contributed by atoms with Crippen LogP contribution in [0.4, 0.5) is 0 Å². The van der Waals surface area contributed by atoms with Gasteiger partial charge in [0.25, 0.3) is 0 Å². The molecule has 3 aromatic rings. The number of rotatable bonds is 7. The smallest absolute Gasteiger partial charge is 0.191 e. The van der Waals surface area contributed by atoms with Gasteiger partial charge in [0.05, 0.1) is 0 Å². The predicted octanol–water partition coefficient (Wildman–Crippen LogP) is 5.57. The number of hydrogen-bond donors (Lipinski definition) is 0. The summed E-state index contributed by atoms with van der Waals surface area (Å²) in [7, 11) is 1.99. The maximum Gasteiger partial charge on any atom is 0.191 e. The monoisotopic (exact) mass is 431 g/mol. The molecule has 1 heterocycles. The molecule has 0 fully saturated rings. The summed E-state index contributed by atoms with van der Waals surface area (Å²) in [5.74, 6) is 2.53. The highest BCUT2D eigenvalue weighted by atomic mass is 79.9. The van der Waals surface area contributed by atoms with Gasteiger partial charge in [-0.2, -0.15) is 0 Å². The molecule has 0 saturated heterocycles. The first-order valence-corrected chi connectivity index (χ1v) is 10.4. The lowest BCUT2D eigenvalue weighted by Crippen LogP contribution is -2.10. The van der Waals surface area contributed by atoms with Gasteiger partial charge >= 0.3 is 0 Å². The summed E-state index contributed by atoms with van der Waals surface area (Å²) in [6.07, 6.45) is 0.861. The lowest BCUT2D eigenvalue weighted by Gasteiger charge is -2.14. The van der Waals surface area contributed by atoms with Crippen LogP contribution in [0, 0.1) is 0 Å². The zero-order valence-electron chi connectivity index (χ0n) is 15.1. The highest BCUT2D eigenvalue weighted by Gasteiger charge is 2.17. The number of benzene rings is 2. The van der Waals surface area contributed by atoms with E-state index in [4.69, 9.17) is 4.74 Å². The summed E-state index contributed by atoms with van der Waals surface area (Å²) in [6, 6.07) is 16.5. The van der Waals surface area contributed by atoms with Gasteiger partial charge in [0.1, 0.15) is 5.75 Å². The molecule has 26 heavy (non-hydrogen) atoms. The summed E-state index contributed by atoms with van der Waals surface area (Å²) >= 11 is 5.13. The molecule has 0 N–H and O–H groups in total. The van der Waals surface area contributed by atoms with Crippen LogP contribution in [-0.4, -0.2) is 14.8 Å². The molecule has 0 spiro atoms. The summed E-state index contributed by atoms with van der Waals surface area (Å²) in [5.41, 5.74) is 2.55. The van der Waals surface area contributed by atoms with E-state index >= 15 is 0 Å². The van der Waals surface area contributed by atoms with Gasteiger partial charge in [0.2, 0.25) is 0 Å². The molecule has 1 atom stereocenters. The van der Waals surface area contributed by atoms with Gasteiger partial charge < -0.3 is 9.30 Å². The van der Waals surface area contributed by atoms with Gasteiger partial charge in [-0.15, -0.1) is 10.2 Å². The largest absolute Gasteiger partial charge is 0.483 e. The van der Waals surface area contributed by atoms with E-state index < -0.39 is 0 Å². The topological polar surface area (TPSA) is 39.9 Å². The number of hydrogen-bond acceptors (Lipinski definition) is 4. The van der Waals surface area contributed by atoms with Crippen LogP contribution in [0.1, 0.15) is 36.9 Å². The fraction of sp³-hybridized carbons (Fsp3) is 0.300. The minimum atomic E-state index is -0.165. The third-order valence-corrected chi connectivity index (χ3v) is 5.78. The third-order valence-electron chi connectivity index (χ3n) is 4.16. The van der Waals surface area contributed by atoms with E-state index in [0.717, 1.165) is 33.4 Å². The van der Waals surface area contributed by atoms with Crippen LogP contribution < -0.4 is 4.74 Å². The molecule has 0 unspecified atom stereocenters. The van der Waals surface area contributed by atoms with Gasteiger partial charge in [0, 0.05) is 17.3 Å². The summed E-state index contributed by atoms with van der Waals surface area (Å²) in [5, 5.41) is 9.55. The van der Waals surface area contributed by atoms with Crippen LogP contribution in [0.25, 0.3) is 0 Å². The molecule has 0 aliphatic heterocycles. The molecular weight excluding hydrogens is 410 g/mol. The molecule has 0 aliphatic carbocycles. The minimum absolute atomic E-state index is 0.165. The normalized spacial score (nSPS) is 12.2. The Morgan fingerprint density at radius 2 is 1.69 bits per heavy atom. The molecule has 6 heteroatoms. The average Bonchev–Trinajstić information content (AvgIpc) is 3.02. The fourth-order valence-electron chi connectivity index (χ4n) is 2.59. The number of thioether (sulfide) groups is 1. The van der Waals surface area contributed by atoms with Gasteiger partial charge in [-0.3, -0.25) is 0 Å². The van der Waals surface area contributed by atoms with Gasteiger partial charge in [0.15, 0.2) is 17.1 Å². The van der Waals surface area contributed by atoms with Gasteiger partial charge in [-0.05, 0) is 48.7 Å². The van der Waals surface area contributed by atoms with Crippen molar-refractivity contribution in [2.24, 2.45) is 7.05 Å². The second-order valence-corrected chi connectivity index (χ2v) is 7.93. The molecule has 2 aromatic carbocycles. The van der Waals surface area contributed by atoms with Crippen LogP contribution >= 0.6 is 27.7 Å². The van der Waals surface area contributed by atoms with Crippen LogP contribution in [0.15, 0.2) is 58.2 Å². The van der Waals surface area contributed by atoms with E-state index in [2.05, 4.69) is 69.4 Å². The molecule has 0 saturated carbocycles. The molecule has 3 rings (SSSR count). The number of aryl methyl sites for hydroxylation is 1. The Bertz CT molecular complexity index is 846. The molecule has 0 bridgehead atoms. The van der Waals surface area contributed by atoms with Crippen molar-refractivity contribution in [3.63, 3.8) is 0 Å². The second kappa shape index (κ2) is 8.73. The van der Waals surface area contributed by atoms with E-state index in [1.165, 1.54) is 11.1 Å². The van der Waals surface area contributed by atoms with Crippen molar-refractivity contribution in [3.05, 3.63) is 70.0 Å². The standard InChI is InChI=1S/C20H22BrN3OS/c1-4-15-7-11-18(12-8-15)25-14(2)19-22-23-20(24(19)3)26-13-16-5-9-17(21)10-6-16/h5-12,14H,4,13H2,1-3H3/t14-/m0/s1. The number of ether oxygens (including phenoxy) is 1. The van der Waals surface area contributed by atoms with E-state index in [1.54, 1.807) is 11.8 Å². The van der Waals surface area contributed by atoms with Crippen LogP contribution in [-0.2, 0) is 19.2 Å². The van der Waals surface area contributed by atoms with Crippen molar-refractivity contribution in [1.29, 1.82) is 0 Å². The molecular formula is C20H22BrN3OS. The Labute approximate surface area is 167 Å². The highest BCUT2D eigenvalue weighted by Crippen LogP contribution is 2.26. The average molecular weight is 432 g/mol. The number of aromatic nitrogens is 3. The molecule has 136 valence electrons. The van der Waals surface area contributed by atoms with Crippen LogP contribution in [0.3, 0.4) is 0 Å². The van der Waals surface area contributed by atoms with E-state index in [9.17, 15) is 0 Å². The van der Waals surface area contributed by atoms with Crippen molar-refractivity contribution in [1.82, 2.24) is 14.8 Å². The van der Waals surface area contributed by atoms with Crippen molar-refractivity contribution in [3.8, 4) is 5.75 Å². The summed E-state index contributed by atoms with van der Waals surface area (Å²) in [6.45, 7) is 4.15. The molecule has 4 nitrogen and oxygen atoms in total. The third kappa shape index (κ3) is 4.68. The molecule has 0 radical (unpaired) electrons. The van der Waals surface area contributed by atoms with Crippen molar-refractivity contribution >= 4 is 27.7 Å². The molecule has 0 amide bonds. The van der Waals surface area contributed by atoms with Crippen molar-refractivity contribution in [2.45, 2.75) is 37.3 Å². The van der Waals surface area contributed by atoms with Gasteiger partial charge in [-0.1, -0.05) is 58.9 Å². The SMILES string of the molecule is CCc1ccc(O[C@@H](C)c2nnc(SCc3ccc(Br)cc3)n2C)cc1. The Balaban J connectivity index is 1.64. The van der Waals surface area contributed by atoms with Crippen LogP contribution in [0.5, 0.6) is 5.75 Å². The molecule has 1 aromatic heterocycles. The number of halogens is 1. The number of nitrogens with zero attached hydrogens (tertiary/aromatic N) is 3. The van der Waals surface area contributed by atoms with Crippen molar-refractivity contribution in [2.75, 3.05) is 0 Å². The van der Waals surface area contributed by atoms with E-state index in [1.807, 2.05) is 30.7 Å². The first-order valence-electron chi connectivity index (χ1n) is 8.59. The Morgan fingerprint density at radius 1 is 1.04 bits per heavy atom. The zero-order chi connectivity index (χ0) is 18.5. The molecule has 0 aliphatic rings. The summed E-state index contributed by atoms with van der Waals surface area (Å²) in [4.78, 5) is 0. The summed E-state index contributed by atoms with van der Waals surface area (Å²) < 4.78 is 9.13.